The maximum Gasteiger partial charge on any atom is 0.156 e. The highest BCUT2D eigenvalue weighted by atomic mass is 15.1. The van der Waals surface area contributed by atoms with Crippen molar-refractivity contribution in [1.29, 1.82) is 0 Å². The van der Waals surface area contributed by atoms with E-state index in [-0.39, 0.29) is 0 Å². The van der Waals surface area contributed by atoms with Crippen molar-refractivity contribution in [3.8, 4) is 11.6 Å². The van der Waals surface area contributed by atoms with Gasteiger partial charge in [-0.15, -0.1) is 0 Å². The van der Waals surface area contributed by atoms with Gasteiger partial charge in [0, 0.05) is 34.4 Å². The Labute approximate surface area is 265 Å². The second-order valence-corrected chi connectivity index (χ2v) is 11.6. The molecular weight excluding hydrogens is 564 g/mol. The van der Waals surface area contributed by atoms with Gasteiger partial charge in [-0.1, -0.05) is 97.1 Å². The van der Waals surface area contributed by atoms with Crippen LogP contribution in [0.3, 0.4) is 0 Å². The molecule has 0 aliphatic heterocycles. The lowest BCUT2D eigenvalue weighted by Gasteiger charge is -2.09. The average molecular weight is 593 g/mol. The van der Waals surface area contributed by atoms with Crippen molar-refractivity contribution in [3.63, 3.8) is 0 Å². The van der Waals surface area contributed by atoms with Gasteiger partial charge in [-0.05, 0) is 35.4 Å². The third-order valence-corrected chi connectivity index (χ3v) is 8.80. The maximum atomic E-state index is 4.83. The summed E-state index contributed by atoms with van der Waals surface area (Å²) < 4.78 is 4.38. The molecule has 0 spiro atoms. The van der Waals surface area contributed by atoms with Crippen LogP contribution in [-0.2, 0) is 12.8 Å². The molecule has 0 saturated carbocycles. The van der Waals surface area contributed by atoms with Crippen LogP contribution in [0.5, 0.6) is 0 Å². The zero-order valence-corrected chi connectivity index (χ0v) is 25.0. The van der Waals surface area contributed by atoms with Gasteiger partial charge in [0.25, 0.3) is 0 Å². The van der Waals surface area contributed by atoms with Gasteiger partial charge in [-0.2, -0.15) is 0 Å². The van der Waals surface area contributed by atoms with Gasteiger partial charge in [0.15, 0.2) is 11.6 Å². The van der Waals surface area contributed by atoms with Gasteiger partial charge in [0.1, 0.15) is 0 Å². The number of aromatic nitrogens is 6. The summed E-state index contributed by atoms with van der Waals surface area (Å²) in [5.41, 5.74) is 8.78. The molecule has 0 bridgehead atoms. The number of hydrogen-bond donors (Lipinski definition) is 0. The predicted molar refractivity (Wildman–Crippen MR) is 185 cm³/mol. The highest BCUT2D eigenvalue weighted by Crippen LogP contribution is 2.32. The quantitative estimate of drug-likeness (QED) is 0.194. The van der Waals surface area contributed by atoms with Crippen molar-refractivity contribution >= 4 is 43.6 Å². The van der Waals surface area contributed by atoms with Gasteiger partial charge in [0.05, 0.1) is 58.2 Å². The van der Waals surface area contributed by atoms with E-state index in [4.69, 9.17) is 19.9 Å². The third kappa shape index (κ3) is 4.42. The van der Waals surface area contributed by atoms with E-state index in [0.717, 1.165) is 45.1 Å². The minimum Gasteiger partial charge on any atom is -0.293 e. The first-order valence-corrected chi connectivity index (χ1v) is 15.5. The van der Waals surface area contributed by atoms with Crippen molar-refractivity contribution in [3.05, 3.63) is 169 Å². The van der Waals surface area contributed by atoms with Crippen molar-refractivity contribution < 1.29 is 0 Å². The Morgan fingerprint density at radius 3 is 0.978 bits per heavy atom. The minimum atomic E-state index is 0.716. The topological polar surface area (TPSA) is 61.4 Å². The summed E-state index contributed by atoms with van der Waals surface area (Å²) >= 11 is 0. The van der Waals surface area contributed by atoms with Crippen LogP contribution in [0.2, 0.25) is 0 Å². The lowest BCUT2D eigenvalue weighted by Crippen LogP contribution is -2.02. The summed E-state index contributed by atoms with van der Waals surface area (Å²) in [6.45, 7) is 0. The number of para-hydroxylation sites is 4. The average Bonchev–Trinajstić information content (AvgIpc) is 3.63. The van der Waals surface area contributed by atoms with Crippen LogP contribution in [0.25, 0.3) is 55.2 Å². The monoisotopic (exact) mass is 592 g/mol. The minimum absolute atomic E-state index is 0.716. The molecule has 4 aromatic heterocycles. The zero-order chi connectivity index (χ0) is 30.5. The Kier molecular flexibility index (Phi) is 6.16. The van der Waals surface area contributed by atoms with Gasteiger partial charge in [-0.3, -0.25) is 19.1 Å². The van der Waals surface area contributed by atoms with E-state index in [0.29, 0.717) is 12.8 Å². The second-order valence-electron chi connectivity index (χ2n) is 11.6. The molecule has 6 heteroatoms. The zero-order valence-electron chi connectivity index (χ0n) is 25.0. The van der Waals surface area contributed by atoms with E-state index in [2.05, 4.69) is 130 Å². The van der Waals surface area contributed by atoms with Gasteiger partial charge in [-0.25, -0.2) is 9.97 Å². The molecule has 5 aromatic carbocycles. The largest absolute Gasteiger partial charge is 0.293 e. The first-order valence-electron chi connectivity index (χ1n) is 15.5. The molecule has 6 nitrogen and oxygen atoms in total. The van der Waals surface area contributed by atoms with Gasteiger partial charge >= 0.3 is 0 Å². The SMILES string of the molecule is c1ccc2c(c1)c1ccccc1n2-c1cnc(Cc2ccc(Cc3cnc(-n4c5ccccc5c5ccccc54)cn3)cc2)cn1. The summed E-state index contributed by atoms with van der Waals surface area (Å²) in [6, 6.07) is 42.4. The molecule has 0 radical (unpaired) electrons. The number of hydrogen-bond acceptors (Lipinski definition) is 4. The number of benzene rings is 5. The summed E-state index contributed by atoms with van der Waals surface area (Å²) in [7, 11) is 0. The van der Waals surface area contributed by atoms with E-state index >= 15 is 0 Å². The summed E-state index contributed by atoms with van der Waals surface area (Å²) in [6.07, 6.45) is 8.97. The van der Waals surface area contributed by atoms with E-state index in [1.165, 1.54) is 32.7 Å². The fourth-order valence-corrected chi connectivity index (χ4v) is 6.64. The number of rotatable bonds is 6. The Morgan fingerprint density at radius 2 is 0.674 bits per heavy atom. The first-order chi connectivity index (χ1) is 22.8. The van der Waals surface area contributed by atoms with Crippen molar-refractivity contribution in [1.82, 2.24) is 29.1 Å². The fraction of sp³-hybridized carbons (Fsp3) is 0.0500. The standard InChI is InChI=1S/C40H28N6/c1-5-13-35-31(9-1)32-10-2-6-14-36(32)45(35)39-25-41-29(23-43-39)21-27-17-19-28(20-18-27)22-30-24-44-40(26-42-30)46-37-15-7-3-11-33(37)34-12-4-8-16-38(34)46/h1-20,23-26H,21-22H2. The van der Waals surface area contributed by atoms with Gasteiger partial charge in [0.2, 0.25) is 0 Å². The molecule has 0 N–H and O–H groups in total. The molecule has 0 aliphatic rings. The highest BCUT2D eigenvalue weighted by Gasteiger charge is 2.14. The van der Waals surface area contributed by atoms with Crippen LogP contribution >= 0.6 is 0 Å². The van der Waals surface area contributed by atoms with Crippen LogP contribution in [0, 0.1) is 0 Å². The molecule has 0 atom stereocenters. The summed E-state index contributed by atoms with van der Waals surface area (Å²) in [5.74, 6) is 1.64. The molecule has 0 unspecified atom stereocenters. The van der Waals surface area contributed by atoms with Crippen molar-refractivity contribution in [2.24, 2.45) is 0 Å². The lowest BCUT2D eigenvalue weighted by atomic mass is 10.0. The Hall–Kier alpha value is -6.14. The smallest absolute Gasteiger partial charge is 0.156 e. The molecule has 0 amide bonds. The van der Waals surface area contributed by atoms with Crippen molar-refractivity contribution in [2.45, 2.75) is 12.8 Å². The normalized spacial score (nSPS) is 11.7. The summed E-state index contributed by atoms with van der Waals surface area (Å²) in [5, 5.41) is 4.87. The van der Waals surface area contributed by atoms with Crippen LogP contribution < -0.4 is 0 Å². The molecule has 0 saturated heterocycles. The fourth-order valence-electron chi connectivity index (χ4n) is 6.64. The third-order valence-electron chi connectivity index (χ3n) is 8.80. The Bertz CT molecular complexity index is 2220. The first kappa shape index (κ1) is 26.3. The lowest BCUT2D eigenvalue weighted by molar-refractivity contribution is 0.970. The Balaban J connectivity index is 0.920. The molecule has 9 aromatic rings. The van der Waals surface area contributed by atoms with Crippen LogP contribution in [0.4, 0.5) is 0 Å². The molecule has 4 heterocycles. The highest BCUT2D eigenvalue weighted by molar-refractivity contribution is 6.09. The Morgan fingerprint density at radius 1 is 0.348 bits per heavy atom. The van der Waals surface area contributed by atoms with Crippen molar-refractivity contribution in [2.75, 3.05) is 0 Å². The van der Waals surface area contributed by atoms with E-state index in [1.54, 1.807) is 0 Å². The molecular formula is C40H28N6. The van der Waals surface area contributed by atoms with Gasteiger partial charge < -0.3 is 0 Å². The number of fused-ring (bicyclic) bond motifs is 6. The molecule has 218 valence electrons. The maximum absolute atomic E-state index is 4.83. The van der Waals surface area contributed by atoms with E-state index in [9.17, 15) is 0 Å². The second kappa shape index (κ2) is 10.8. The van der Waals surface area contributed by atoms with E-state index in [1.807, 2.05) is 24.8 Å². The molecule has 46 heavy (non-hydrogen) atoms. The predicted octanol–water partition coefficient (Wildman–Crippen LogP) is 8.64. The van der Waals surface area contributed by atoms with Crippen LogP contribution in [0.15, 0.2) is 146 Å². The number of nitrogens with zero attached hydrogens (tertiary/aromatic N) is 6. The van der Waals surface area contributed by atoms with Crippen LogP contribution in [-0.4, -0.2) is 29.1 Å². The van der Waals surface area contributed by atoms with E-state index < -0.39 is 0 Å². The molecule has 0 fully saturated rings. The summed E-state index contributed by atoms with van der Waals surface area (Å²) in [4.78, 5) is 19.3. The molecule has 0 aliphatic carbocycles. The van der Waals surface area contributed by atoms with Crippen LogP contribution in [0.1, 0.15) is 22.5 Å². The molecule has 9 rings (SSSR count).